The number of hydrogen-bond donors (Lipinski definition) is 2. The number of H-pyrrole nitrogens is 1. The number of likely N-dealkylation sites (N-methyl/N-ethyl adjacent to an activating group) is 1. The molecule has 1 fully saturated rings. The quantitative estimate of drug-likeness (QED) is 0.891. The third-order valence-electron chi connectivity index (χ3n) is 4.69. The zero-order valence-electron chi connectivity index (χ0n) is 14.9. The summed E-state index contributed by atoms with van der Waals surface area (Å²) >= 11 is 0. The van der Waals surface area contributed by atoms with Gasteiger partial charge in [-0.05, 0) is 39.4 Å². The maximum absolute atomic E-state index is 12.8. The summed E-state index contributed by atoms with van der Waals surface area (Å²) in [5.74, 6) is -0.0521. The molecule has 1 aromatic carbocycles. The molecule has 1 atom stereocenters. The number of hydrogen-bond acceptors (Lipinski definition) is 4. The lowest BCUT2D eigenvalue weighted by Gasteiger charge is -2.29. The molecule has 1 aliphatic rings. The van der Waals surface area contributed by atoms with Crippen molar-refractivity contribution in [1.29, 1.82) is 0 Å². The Morgan fingerprint density at radius 3 is 2.76 bits per heavy atom. The molecule has 2 N–H and O–H groups in total. The van der Waals surface area contributed by atoms with Crippen LogP contribution < -0.4 is 0 Å². The summed E-state index contributed by atoms with van der Waals surface area (Å²) in [4.78, 5) is 16.6. The Morgan fingerprint density at radius 2 is 2.04 bits per heavy atom. The van der Waals surface area contributed by atoms with E-state index in [1.54, 1.807) is 6.07 Å². The molecule has 134 valence electrons. The molecule has 1 saturated heterocycles. The Morgan fingerprint density at radius 1 is 1.28 bits per heavy atom. The van der Waals surface area contributed by atoms with Gasteiger partial charge in [-0.3, -0.25) is 9.89 Å². The predicted octanol–water partition coefficient (Wildman–Crippen LogP) is 2.00. The highest BCUT2D eigenvalue weighted by atomic mass is 16.3. The molecule has 1 amide bonds. The van der Waals surface area contributed by atoms with Crippen molar-refractivity contribution in [3.63, 3.8) is 0 Å². The van der Waals surface area contributed by atoms with Gasteiger partial charge in [-0.1, -0.05) is 30.3 Å². The standard InChI is InChI=1S/C19H26N4O2/c1-22(2)14-19(25)9-6-11-23(12-10-19)18(24)17-13-16(20-21-17)15-7-4-3-5-8-15/h3-5,7-8,13,25H,6,9-12,14H2,1-2H3,(H,20,21). The molecule has 1 aliphatic heterocycles. The van der Waals surface area contributed by atoms with Crippen molar-refractivity contribution in [3.8, 4) is 11.3 Å². The molecular weight excluding hydrogens is 316 g/mol. The summed E-state index contributed by atoms with van der Waals surface area (Å²) in [5, 5.41) is 17.9. The topological polar surface area (TPSA) is 72.5 Å². The molecular formula is C19H26N4O2. The van der Waals surface area contributed by atoms with Crippen molar-refractivity contribution in [3.05, 3.63) is 42.1 Å². The number of likely N-dealkylation sites (tertiary alicyclic amines) is 1. The monoisotopic (exact) mass is 342 g/mol. The van der Waals surface area contributed by atoms with Gasteiger partial charge in [0.1, 0.15) is 5.69 Å². The molecule has 25 heavy (non-hydrogen) atoms. The van der Waals surface area contributed by atoms with Gasteiger partial charge < -0.3 is 14.9 Å². The van der Waals surface area contributed by atoms with E-state index >= 15 is 0 Å². The number of aromatic nitrogens is 2. The number of amides is 1. The highest BCUT2D eigenvalue weighted by molar-refractivity contribution is 5.93. The summed E-state index contributed by atoms with van der Waals surface area (Å²) in [6.07, 6.45) is 2.11. The third-order valence-corrected chi connectivity index (χ3v) is 4.69. The molecule has 6 nitrogen and oxygen atoms in total. The molecule has 0 spiro atoms. The van der Waals surface area contributed by atoms with Gasteiger partial charge in [-0.15, -0.1) is 0 Å². The van der Waals surface area contributed by atoms with Gasteiger partial charge >= 0.3 is 0 Å². The Bertz CT molecular complexity index is 713. The first-order chi connectivity index (χ1) is 12.0. The Labute approximate surface area is 148 Å². The second-order valence-electron chi connectivity index (χ2n) is 7.14. The number of carbonyl (C=O) groups is 1. The molecule has 2 heterocycles. The maximum atomic E-state index is 12.8. The first-order valence-electron chi connectivity index (χ1n) is 8.74. The van der Waals surface area contributed by atoms with Crippen molar-refractivity contribution in [1.82, 2.24) is 20.0 Å². The number of nitrogens with zero attached hydrogens (tertiary/aromatic N) is 3. The van der Waals surface area contributed by atoms with Crippen LogP contribution in [-0.2, 0) is 0 Å². The minimum absolute atomic E-state index is 0.0521. The van der Waals surface area contributed by atoms with Crippen molar-refractivity contribution in [2.45, 2.75) is 24.9 Å². The maximum Gasteiger partial charge on any atom is 0.271 e. The fourth-order valence-electron chi connectivity index (χ4n) is 3.49. The minimum Gasteiger partial charge on any atom is -0.388 e. The number of carbonyl (C=O) groups excluding carboxylic acids is 1. The van der Waals surface area contributed by atoms with E-state index in [1.807, 2.05) is 54.2 Å². The average molecular weight is 342 g/mol. The van der Waals surface area contributed by atoms with E-state index in [4.69, 9.17) is 0 Å². The van der Waals surface area contributed by atoms with Crippen LogP contribution in [0.1, 0.15) is 29.8 Å². The van der Waals surface area contributed by atoms with E-state index in [0.29, 0.717) is 38.2 Å². The largest absolute Gasteiger partial charge is 0.388 e. The van der Waals surface area contributed by atoms with Crippen molar-refractivity contribution in [2.24, 2.45) is 0 Å². The predicted molar refractivity (Wildman–Crippen MR) is 97.3 cm³/mol. The number of rotatable bonds is 4. The molecule has 1 aromatic heterocycles. The van der Waals surface area contributed by atoms with Crippen LogP contribution in [-0.4, -0.2) is 70.3 Å². The summed E-state index contributed by atoms with van der Waals surface area (Å²) in [5.41, 5.74) is 1.52. The number of nitrogens with one attached hydrogen (secondary N) is 1. The molecule has 1 unspecified atom stereocenters. The lowest BCUT2D eigenvalue weighted by atomic mass is 9.94. The summed E-state index contributed by atoms with van der Waals surface area (Å²) in [6, 6.07) is 11.6. The van der Waals surface area contributed by atoms with Crippen LogP contribution in [0.5, 0.6) is 0 Å². The average Bonchev–Trinajstić information content (AvgIpc) is 3.00. The lowest BCUT2D eigenvalue weighted by molar-refractivity contribution is 0.00303. The smallest absolute Gasteiger partial charge is 0.271 e. The number of aromatic amines is 1. The van der Waals surface area contributed by atoms with Crippen LogP contribution in [0.15, 0.2) is 36.4 Å². The highest BCUT2D eigenvalue weighted by Crippen LogP contribution is 2.24. The molecule has 3 rings (SSSR count). The van der Waals surface area contributed by atoms with Gasteiger partial charge in [0, 0.05) is 25.2 Å². The first kappa shape index (κ1) is 17.6. The van der Waals surface area contributed by atoms with Crippen molar-refractivity contribution < 1.29 is 9.90 Å². The van der Waals surface area contributed by atoms with E-state index in [0.717, 1.165) is 17.7 Å². The zero-order chi connectivity index (χ0) is 17.9. The summed E-state index contributed by atoms with van der Waals surface area (Å²) < 4.78 is 0. The fourth-order valence-corrected chi connectivity index (χ4v) is 3.49. The van der Waals surface area contributed by atoms with Crippen LogP contribution in [0, 0.1) is 0 Å². The van der Waals surface area contributed by atoms with Crippen LogP contribution in [0.2, 0.25) is 0 Å². The Kier molecular flexibility index (Phi) is 5.20. The molecule has 0 saturated carbocycles. The van der Waals surface area contributed by atoms with Crippen LogP contribution in [0.3, 0.4) is 0 Å². The molecule has 6 heteroatoms. The SMILES string of the molecule is CN(C)CC1(O)CCCN(C(=O)c2cc(-c3ccccc3)n[nH]2)CC1. The van der Waals surface area contributed by atoms with E-state index < -0.39 is 5.60 Å². The second kappa shape index (κ2) is 7.37. The van der Waals surface area contributed by atoms with Crippen LogP contribution in [0.4, 0.5) is 0 Å². The van der Waals surface area contributed by atoms with E-state index in [9.17, 15) is 9.90 Å². The number of aliphatic hydroxyl groups is 1. The van der Waals surface area contributed by atoms with E-state index in [-0.39, 0.29) is 5.91 Å². The third kappa shape index (κ3) is 4.27. The van der Waals surface area contributed by atoms with E-state index in [2.05, 4.69) is 10.2 Å². The van der Waals surface area contributed by atoms with Crippen LogP contribution >= 0.6 is 0 Å². The molecule has 0 bridgehead atoms. The van der Waals surface area contributed by atoms with E-state index in [1.165, 1.54) is 0 Å². The molecule has 0 aliphatic carbocycles. The van der Waals surface area contributed by atoms with Crippen LogP contribution in [0.25, 0.3) is 11.3 Å². The van der Waals surface area contributed by atoms with Gasteiger partial charge in [0.15, 0.2) is 0 Å². The fraction of sp³-hybridized carbons (Fsp3) is 0.474. The van der Waals surface area contributed by atoms with Gasteiger partial charge in [-0.25, -0.2) is 0 Å². The van der Waals surface area contributed by atoms with Gasteiger partial charge in [0.05, 0.1) is 11.3 Å². The van der Waals surface area contributed by atoms with Gasteiger partial charge in [0.2, 0.25) is 0 Å². The summed E-state index contributed by atoms with van der Waals surface area (Å²) in [6.45, 7) is 1.84. The molecule has 0 radical (unpaired) electrons. The zero-order valence-corrected chi connectivity index (χ0v) is 14.9. The lowest BCUT2D eigenvalue weighted by Crippen LogP contribution is -2.41. The Hall–Kier alpha value is -2.18. The van der Waals surface area contributed by atoms with Crippen molar-refractivity contribution >= 4 is 5.91 Å². The summed E-state index contributed by atoms with van der Waals surface area (Å²) in [7, 11) is 3.92. The van der Waals surface area contributed by atoms with Gasteiger partial charge in [0.25, 0.3) is 5.91 Å². The second-order valence-corrected chi connectivity index (χ2v) is 7.14. The first-order valence-corrected chi connectivity index (χ1v) is 8.74. The minimum atomic E-state index is -0.721. The normalized spacial score (nSPS) is 21.4. The number of benzene rings is 1. The highest BCUT2D eigenvalue weighted by Gasteiger charge is 2.32. The Balaban J connectivity index is 1.68. The van der Waals surface area contributed by atoms with Gasteiger partial charge in [-0.2, -0.15) is 5.10 Å². The molecule has 2 aromatic rings. The van der Waals surface area contributed by atoms with Crippen molar-refractivity contribution in [2.75, 3.05) is 33.7 Å².